The Morgan fingerprint density at radius 1 is 1.47 bits per heavy atom. The molecule has 0 aliphatic carbocycles. The Kier molecular flexibility index (Phi) is 5.76. The van der Waals surface area contributed by atoms with Crippen molar-refractivity contribution in [3.05, 3.63) is 23.9 Å². The lowest BCUT2D eigenvalue weighted by molar-refractivity contribution is -0.127. The molecule has 0 saturated heterocycles. The minimum atomic E-state index is -0.533. The van der Waals surface area contributed by atoms with Crippen LogP contribution in [0.4, 0.5) is 5.82 Å². The number of pyridine rings is 1. The highest BCUT2D eigenvalue weighted by molar-refractivity contribution is 5.80. The number of likely N-dealkylation sites (N-methyl/N-ethyl adjacent to an activating group) is 1. The van der Waals surface area contributed by atoms with Crippen molar-refractivity contribution in [1.29, 1.82) is 0 Å². The van der Waals surface area contributed by atoms with E-state index in [9.17, 15) is 9.90 Å². The summed E-state index contributed by atoms with van der Waals surface area (Å²) < 4.78 is 0. The van der Waals surface area contributed by atoms with Gasteiger partial charge in [0.1, 0.15) is 5.82 Å². The first-order valence-corrected chi connectivity index (χ1v) is 6.54. The molecule has 0 fully saturated rings. The predicted octanol–water partition coefficient (Wildman–Crippen LogP) is 1.44. The van der Waals surface area contributed by atoms with Crippen molar-refractivity contribution in [3.8, 4) is 0 Å². The van der Waals surface area contributed by atoms with E-state index in [0.29, 0.717) is 6.54 Å². The molecule has 1 atom stereocenters. The summed E-state index contributed by atoms with van der Waals surface area (Å²) in [5.74, 6) is 0.771. The lowest BCUT2D eigenvalue weighted by atomic mass is 10.1. The van der Waals surface area contributed by atoms with Crippen LogP contribution in [0.15, 0.2) is 18.3 Å². The van der Waals surface area contributed by atoms with Gasteiger partial charge < -0.3 is 14.9 Å². The maximum Gasteiger partial charge on any atom is 0.241 e. The second-order valence-electron chi connectivity index (χ2n) is 4.83. The molecule has 0 unspecified atom stereocenters. The lowest BCUT2D eigenvalue weighted by Crippen LogP contribution is -2.37. The van der Waals surface area contributed by atoms with E-state index in [1.54, 1.807) is 38.2 Å². The molecule has 1 heterocycles. The Balaban J connectivity index is 2.92. The van der Waals surface area contributed by atoms with E-state index in [1.807, 2.05) is 11.0 Å². The second-order valence-corrected chi connectivity index (χ2v) is 4.83. The fourth-order valence-electron chi connectivity index (χ4n) is 1.72. The molecule has 0 bridgehead atoms. The number of amides is 1. The van der Waals surface area contributed by atoms with Crippen molar-refractivity contribution < 1.29 is 9.90 Å². The molecule has 1 amide bonds. The third-order valence-electron chi connectivity index (χ3n) is 2.89. The van der Waals surface area contributed by atoms with Gasteiger partial charge in [0.15, 0.2) is 0 Å². The standard InChI is InChI=1S/C14H23N3O2/c1-5-8-17(10-14(19)16(3)4)13-9-12(11(2)18)6-7-15-13/h6-7,9,11,18H,5,8,10H2,1-4H3/t11-/m0/s1. The average Bonchev–Trinajstić information content (AvgIpc) is 2.38. The first-order valence-electron chi connectivity index (χ1n) is 6.54. The molecule has 1 aromatic rings. The molecule has 1 N–H and O–H groups in total. The second kappa shape index (κ2) is 7.09. The number of hydrogen-bond donors (Lipinski definition) is 1. The number of carbonyl (C=O) groups is 1. The van der Waals surface area contributed by atoms with Crippen LogP contribution in [0.5, 0.6) is 0 Å². The Hall–Kier alpha value is -1.62. The van der Waals surface area contributed by atoms with E-state index in [1.165, 1.54) is 0 Å². The third kappa shape index (κ3) is 4.52. The van der Waals surface area contributed by atoms with Gasteiger partial charge in [0.2, 0.25) is 5.91 Å². The molecule has 0 aromatic carbocycles. The van der Waals surface area contributed by atoms with Gasteiger partial charge in [0.25, 0.3) is 0 Å². The molecule has 0 radical (unpaired) electrons. The van der Waals surface area contributed by atoms with Crippen molar-refractivity contribution >= 4 is 11.7 Å². The molecule has 5 heteroatoms. The summed E-state index contributed by atoms with van der Waals surface area (Å²) >= 11 is 0. The Morgan fingerprint density at radius 3 is 2.68 bits per heavy atom. The van der Waals surface area contributed by atoms with Crippen LogP contribution in [0.2, 0.25) is 0 Å². The molecule has 19 heavy (non-hydrogen) atoms. The van der Waals surface area contributed by atoms with Crippen molar-refractivity contribution in [2.24, 2.45) is 0 Å². The fraction of sp³-hybridized carbons (Fsp3) is 0.571. The van der Waals surface area contributed by atoms with Gasteiger partial charge in [-0.05, 0) is 31.0 Å². The highest BCUT2D eigenvalue weighted by Crippen LogP contribution is 2.18. The van der Waals surface area contributed by atoms with Crippen LogP contribution in [0.25, 0.3) is 0 Å². The van der Waals surface area contributed by atoms with Crippen molar-refractivity contribution in [2.75, 3.05) is 32.1 Å². The van der Waals surface area contributed by atoms with Gasteiger partial charge in [-0.25, -0.2) is 4.98 Å². The van der Waals surface area contributed by atoms with Gasteiger partial charge in [0.05, 0.1) is 12.6 Å². The van der Waals surface area contributed by atoms with Crippen LogP contribution in [-0.2, 0) is 4.79 Å². The zero-order chi connectivity index (χ0) is 14.4. The molecule has 5 nitrogen and oxygen atoms in total. The summed E-state index contributed by atoms with van der Waals surface area (Å²) in [7, 11) is 3.48. The Bertz CT molecular complexity index is 419. The number of aromatic nitrogens is 1. The SMILES string of the molecule is CCCN(CC(=O)N(C)C)c1cc([C@H](C)O)ccn1. The average molecular weight is 265 g/mol. The van der Waals surface area contributed by atoms with E-state index in [0.717, 1.165) is 24.3 Å². The van der Waals surface area contributed by atoms with Crippen LogP contribution < -0.4 is 4.90 Å². The summed E-state index contributed by atoms with van der Waals surface area (Å²) in [6.07, 6.45) is 2.07. The highest BCUT2D eigenvalue weighted by atomic mass is 16.3. The predicted molar refractivity (Wildman–Crippen MR) is 76.1 cm³/mol. The summed E-state index contributed by atoms with van der Waals surface area (Å²) in [5.41, 5.74) is 0.809. The number of nitrogens with zero attached hydrogens (tertiary/aromatic N) is 3. The molecule has 1 aromatic heterocycles. The first kappa shape index (κ1) is 15.4. The topological polar surface area (TPSA) is 56.7 Å². The van der Waals surface area contributed by atoms with Crippen LogP contribution >= 0.6 is 0 Å². The summed E-state index contributed by atoms with van der Waals surface area (Å²) in [4.78, 5) is 19.6. The molecule has 1 rings (SSSR count). The van der Waals surface area contributed by atoms with E-state index >= 15 is 0 Å². The van der Waals surface area contributed by atoms with E-state index < -0.39 is 6.10 Å². The van der Waals surface area contributed by atoms with Gasteiger partial charge in [-0.3, -0.25) is 4.79 Å². The maximum atomic E-state index is 11.8. The molecular weight excluding hydrogens is 242 g/mol. The van der Waals surface area contributed by atoms with E-state index in [2.05, 4.69) is 11.9 Å². The number of aliphatic hydroxyl groups excluding tert-OH is 1. The molecule has 106 valence electrons. The van der Waals surface area contributed by atoms with Gasteiger partial charge in [-0.2, -0.15) is 0 Å². The monoisotopic (exact) mass is 265 g/mol. The Labute approximate surface area is 114 Å². The Morgan fingerprint density at radius 2 is 2.16 bits per heavy atom. The smallest absolute Gasteiger partial charge is 0.241 e. The number of carbonyl (C=O) groups excluding carboxylic acids is 1. The number of aliphatic hydroxyl groups is 1. The van der Waals surface area contributed by atoms with E-state index in [-0.39, 0.29) is 5.91 Å². The van der Waals surface area contributed by atoms with Gasteiger partial charge in [-0.15, -0.1) is 0 Å². The van der Waals surface area contributed by atoms with Crippen molar-refractivity contribution in [3.63, 3.8) is 0 Å². The molecule has 0 aliphatic heterocycles. The zero-order valence-corrected chi connectivity index (χ0v) is 12.1. The zero-order valence-electron chi connectivity index (χ0n) is 12.1. The normalized spacial score (nSPS) is 12.1. The fourth-order valence-corrected chi connectivity index (χ4v) is 1.72. The lowest BCUT2D eigenvalue weighted by Gasteiger charge is -2.24. The third-order valence-corrected chi connectivity index (χ3v) is 2.89. The van der Waals surface area contributed by atoms with E-state index in [4.69, 9.17) is 0 Å². The summed E-state index contributed by atoms with van der Waals surface area (Å²) in [6.45, 7) is 4.84. The number of anilines is 1. The molecule has 0 aliphatic rings. The van der Waals surface area contributed by atoms with Crippen LogP contribution in [0.1, 0.15) is 31.9 Å². The summed E-state index contributed by atoms with van der Waals surface area (Å²) in [6, 6.07) is 3.62. The highest BCUT2D eigenvalue weighted by Gasteiger charge is 2.14. The minimum Gasteiger partial charge on any atom is -0.389 e. The van der Waals surface area contributed by atoms with Crippen LogP contribution in [0.3, 0.4) is 0 Å². The van der Waals surface area contributed by atoms with Crippen LogP contribution in [-0.4, -0.2) is 48.1 Å². The van der Waals surface area contributed by atoms with Crippen molar-refractivity contribution in [2.45, 2.75) is 26.4 Å². The first-order chi connectivity index (χ1) is 8.95. The number of hydrogen-bond acceptors (Lipinski definition) is 4. The maximum absolute atomic E-state index is 11.8. The van der Waals surface area contributed by atoms with Gasteiger partial charge in [-0.1, -0.05) is 6.92 Å². The molecule has 0 saturated carbocycles. The van der Waals surface area contributed by atoms with Gasteiger partial charge >= 0.3 is 0 Å². The number of rotatable bonds is 6. The minimum absolute atomic E-state index is 0.0395. The summed E-state index contributed by atoms with van der Waals surface area (Å²) in [5, 5.41) is 9.61. The molecule has 0 spiro atoms. The largest absolute Gasteiger partial charge is 0.389 e. The van der Waals surface area contributed by atoms with Crippen molar-refractivity contribution in [1.82, 2.24) is 9.88 Å². The van der Waals surface area contributed by atoms with Crippen LogP contribution in [0, 0.1) is 0 Å². The quantitative estimate of drug-likeness (QED) is 0.845. The molecular formula is C14H23N3O2. The van der Waals surface area contributed by atoms with Gasteiger partial charge in [0, 0.05) is 26.8 Å².